The summed E-state index contributed by atoms with van der Waals surface area (Å²) in [5, 5.41) is 4.44. The van der Waals surface area contributed by atoms with Crippen LogP contribution in [0.15, 0.2) is 29.4 Å². The van der Waals surface area contributed by atoms with Gasteiger partial charge in [-0.15, -0.1) is 0 Å². The normalized spacial score (nSPS) is 13.4. The molecule has 0 saturated carbocycles. The van der Waals surface area contributed by atoms with Gasteiger partial charge >= 0.3 is 0 Å². The average Bonchev–Trinajstić information content (AvgIpc) is 2.85. The van der Waals surface area contributed by atoms with Crippen molar-refractivity contribution in [3.63, 3.8) is 0 Å². The van der Waals surface area contributed by atoms with Crippen molar-refractivity contribution in [2.24, 2.45) is 0 Å². The summed E-state index contributed by atoms with van der Waals surface area (Å²) >= 11 is 7.47. The second-order valence-corrected chi connectivity index (χ2v) is 5.69. The SMILES string of the molecule is CSc1nc(Cl)cc(Nc2ccc3c(c2)CCC3)n1. The van der Waals surface area contributed by atoms with Crippen LogP contribution in [0.1, 0.15) is 17.5 Å². The van der Waals surface area contributed by atoms with E-state index in [9.17, 15) is 0 Å². The Morgan fingerprint density at radius 3 is 2.84 bits per heavy atom. The molecule has 3 rings (SSSR count). The summed E-state index contributed by atoms with van der Waals surface area (Å²) in [7, 11) is 0. The number of nitrogens with zero attached hydrogens (tertiary/aromatic N) is 2. The lowest BCUT2D eigenvalue weighted by Gasteiger charge is -2.09. The number of aromatic nitrogens is 2. The van der Waals surface area contributed by atoms with Gasteiger partial charge in [0.05, 0.1) is 0 Å². The van der Waals surface area contributed by atoms with Crippen LogP contribution < -0.4 is 5.32 Å². The number of rotatable bonds is 3. The van der Waals surface area contributed by atoms with E-state index in [-0.39, 0.29) is 0 Å². The second-order valence-electron chi connectivity index (χ2n) is 4.52. The minimum absolute atomic E-state index is 0.461. The summed E-state index contributed by atoms with van der Waals surface area (Å²) in [5.74, 6) is 0.738. The van der Waals surface area contributed by atoms with Crippen molar-refractivity contribution < 1.29 is 0 Å². The van der Waals surface area contributed by atoms with Crippen molar-refractivity contribution >= 4 is 34.9 Å². The first-order valence-electron chi connectivity index (χ1n) is 6.22. The number of halogens is 1. The lowest BCUT2D eigenvalue weighted by molar-refractivity contribution is 0.912. The van der Waals surface area contributed by atoms with E-state index >= 15 is 0 Å². The van der Waals surface area contributed by atoms with Gasteiger partial charge in [-0.05, 0) is 48.8 Å². The Morgan fingerprint density at radius 1 is 1.16 bits per heavy atom. The number of aryl methyl sites for hydroxylation is 2. The van der Waals surface area contributed by atoms with Gasteiger partial charge < -0.3 is 5.32 Å². The topological polar surface area (TPSA) is 37.8 Å². The zero-order valence-corrected chi connectivity index (χ0v) is 12.2. The molecule has 0 atom stereocenters. The van der Waals surface area contributed by atoms with Crippen molar-refractivity contribution in [2.45, 2.75) is 24.4 Å². The average molecular weight is 292 g/mol. The molecule has 0 spiro atoms. The maximum Gasteiger partial charge on any atom is 0.190 e. The molecule has 1 aromatic carbocycles. The molecular formula is C14H14ClN3S. The molecule has 98 valence electrons. The van der Waals surface area contributed by atoms with Crippen LogP contribution in [-0.2, 0) is 12.8 Å². The van der Waals surface area contributed by atoms with Gasteiger partial charge in [-0.1, -0.05) is 29.4 Å². The molecule has 0 amide bonds. The maximum absolute atomic E-state index is 5.98. The summed E-state index contributed by atoms with van der Waals surface area (Å²) < 4.78 is 0. The van der Waals surface area contributed by atoms with Gasteiger partial charge in [0, 0.05) is 11.8 Å². The first-order chi connectivity index (χ1) is 9.24. The molecule has 2 aromatic rings. The minimum atomic E-state index is 0.461. The summed E-state index contributed by atoms with van der Waals surface area (Å²) in [6.45, 7) is 0. The van der Waals surface area contributed by atoms with E-state index in [2.05, 4.69) is 33.5 Å². The highest BCUT2D eigenvalue weighted by Gasteiger charge is 2.11. The highest BCUT2D eigenvalue weighted by Crippen LogP contribution is 2.27. The van der Waals surface area contributed by atoms with Gasteiger partial charge in [0.2, 0.25) is 0 Å². The van der Waals surface area contributed by atoms with Crippen LogP contribution in [0.4, 0.5) is 11.5 Å². The Hall–Kier alpha value is -1.26. The van der Waals surface area contributed by atoms with E-state index < -0.39 is 0 Å². The number of thioether (sulfide) groups is 1. The molecule has 0 unspecified atom stereocenters. The first kappa shape index (κ1) is 12.8. The number of hydrogen-bond donors (Lipinski definition) is 1. The summed E-state index contributed by atoms with van der Waals surface area (Å²) in [6, 6.07) is 8.24. The third-order valence-corrected chi connectivity index (χ3v) is 3.97. The Bertz CT molecular complexity index is 616. The number of fused-ring (bicyclic) bond motifs is 1. The van der Waals surface area contributed by atoms with Crippen molar-refractivity contribution in [1.82, 2.24) is 9.97 Å². The lowest BCUT2D eigenvalue weighted by atomic mass is 10.1. The molecule has 0 radical (unpaired) electrons. The van der Waals surface area contributed by atoms with Gasteiger partial charge in [-0.25, -0.2) is 9.97 Å². The standard InChI is InChI=1S/C14H14ClN3S/c1-19-14-17-12(15)8-13(18-14)16-11-6-5-9-3-2-4-10(9)7-11/h5-8H,2-4H2,1H3,(H,16,17,18). The van der Waals surface area contributed by atoms with Crippen LogP contribution in [0.5, 0.6) is 0 Å². The minimum Gasteiger partial charge on any atom is -0.340 e. The van der Waals surface area contributed by atoms with Crippen molar-refractivity contribution in [2.75, 3.05) is 11.6 Å². The summed E-state index contributed by atoms with van der Waals surface area (Å²) in [6.07, 6.45) is 5.57. The molecule has 0 saturated heterocycles. The number of hydrogen-bond acceptors (Lipinski definition) is 4. The van der Waals surface area contributed by atoms with Gasteiger partial charge in [0.1, 0.15) is 11.0 Å². The highest BCUT2D eigenvalue weighted by molar-refractivity contribution is 7.98. The van der Waals surface area contributed by atoms with Crippen LogP contribution in [0, 0.1) is 0 Å². The highest BCUT2D eigenvalue weighted by atomic mass is 35.5. The fourth-order valence-electron chi connectivity index (χ4n) is 2.35. The Balaban J connectivity index is 1.86. The monoisotopic (exact) mass is 291 g/mol. The van der Waals surface area contributed by atoms with E-state index in [1.54, 1.807) is 6.07 Å². The van der Waals surface area contributed by atoms with Gasteiger partial charge in [0.25, 0.3) is 0 Å². The smallest absolute Gasteiger partial charge is 0.190 e. The third kappa shape index (κ3) is 2.85. The molecule has 3 nitrogen and oxygen atoms in total. The maximum atomic E-state index is 5.98. The Kier molecular flexibility index (Phi) is 3.62. The molecule has 19 heavy (non-hydrogen) atoms. The van der Waals surface area contributed by atoms with Crippen molar-refractivity contribution in [3.05, 3.63) is 40.5 Å². The van der Waals surface area contributed by atoms with E-state index in [0.717, 1.165) is 11.5 Å². The molecule has 0 fully saturated rings. The number of nitrogens with one attached hydrogen (secondary N) is 1. The molecule has 1 aliphatic carbocycles. The van der Waals surface area contributed by atoms with E-state index in [1.807, 2.05) is 6.26 Å². The lowest BCUT2D eigenvalue weighted by Crippen LogP contribution is -1.97. The molecular weight excluding hydrogens is 278 g/mol. The third-order valence-electron chi connectivity index (χ3n) is 3.23. The van der Waals surface area contributed by atoms with Crippen molar-refractivity contribution in [3.8, 4) is 0 Å². The fourth-order valence-corrected chi connectivity index (χ4v) is 2.96. The van der Waals surface area contributed by atoms with Crippen molar-refractivity contribution in [1.29, 1.82) is 0 Å². The van der Waals surface area contributed by atoms with Gasteiger partial charge in [0.15, 0.2) is 5.16 Å². The van der Waals surface area contributed by atoms with Crippen LogP contribution in [-0.4, -0.2) is 16.2 Å². The molecule has 1 aliphatic rings. The van der Waals surface area contributed by atoms with Crippen LogP contribution in [0.25, 0.3) is 0 Å². The largest absolute Gasteiger partial charge is 0.340 e. The predicted octanol–water partition coefficient (Wildman–Crippen LogP) is 4.08. The van der Waals surface area contributed by atoms with E-state index in [1.165, 1.54) is 42.2 Å². The summed E-state index contributed by atoms with van der Waals surface area (Å²) in [4.78, 5) is 8.53. The zero-order chi connectivity index (χ0) is 13.2. The molecule has 1 heterocycles. The zero-order valence-electron chi connectivity index (χ0n) is 10.6. The molecule has 0 aliphatic heterocycles. The van der Waals surface area contributed by atoms with E-state index in [4.69, 9.17) is 11.6 Å². The second kappa shape index (κ2) is 5.39. The van der Waals surface area contributed by atoms with Crippen LogP contribution in [0.3, 0.4) is 0 Å². The predicted molar refractivity (Wildman–Crippen MR) is 80.6 cm³/mol. The van der Waals surface area contributed by atoms with Gasteiger partial charge in [-0.3, -0.25) is 0 Å². The first-order valence-corrected chi connectivity index (χ1v) is 7.82. The Morgan fingerprint density at radius 2 is 2.00 bits per heavy atom. The van der Waals surface area contributed by atoms with Crippen LogP contribution >= 0.6 is 23.4 Å². The quantitative estimate of drug-likeness (QED) is 0.525. The molecule has 1 aromatic heterocycles. The summed E-state index contributed by atoms with van der Waals surface area (Å²) in [5.41, 5.74) is 3.97. The number of benzene rings is 1. The molecule has 0 bridgehead atoms. The fraction of sp³-hybridized carbons (Fsp3) is 0.286. The molecule has 5 heteroatoms. The molecule has 1 N–H and O–H groups in total. The van der Waals surface area contributed by atoms with E-state index in [0.29, 0.717) is 10.3 Å². The van der Waals surface area contributed by atoms with Gasteiger partial charge in [-0.2, -0.15) is 0 Å². The number of anilines is 2. The van der Waals surface area contributed by atoms with Crippen LogP contribution in [0.2, 0.25) is 5.15 Å². The Labute approximate surface area is 121 Å².